The predicted molar refractivity (Wildman–Crippen MR) is 78.0 cm³/mol. The van der Waals surface area contributed by atoms with Crippen LogP contribution in [0, 0.1) is 18.8 Å². The molecule has 6 heteroatoms. The number of hydrogen-bond acceptors (Lipinski definition) is 3. The summed E-state index contributed by atoms with van der Waals surface area (Å²) in [6.45, 7) is 3.20. The molecule has 2 unspecified atom stereocenters. The van der Waals surface area contributed by atoms with Crippen LogP contribution in [-0.4, -0.2) is 22.9 Å². The Hall–Kier alpha value is -2.37. The maximum atomic E-state index is 12.1. The molecule has 1 aliphatic rings. The quantitative estimate of drug-likeness (QED) is 0.790. The summed E-state index contributed by atoms with van der Waals surface area (Å²) in [7, 11) is 0. The molecule has 1 aromatic carbocycles. The van der Waals surface area contributed by atoms with Crippen LogP contribution >= 0.6 is 0 Å². The minimum atomic E-state index is -0.926. The Morgan fingerprint density at radius 3 is 2.14 bits per heavy atom. The molecule has 1 fully saturated rings. The molecular weight excluding hydrogens is 272 g/mol. The number of carbonyl (C=O) groups is 3. The molecule has 0 bridgehead atoms. The van der Waals surface area contributed by atoms with Crippen molar-refractivity contribution in [2.24, 2.45) is 11.8 Å². The topological polar surface area (TPSA) is 95.5 Å². The number of carboxylic acids is 1. The van der Waals surface area contributed by atoms with E-state index in [4.69, 9.17) is 5.11 Å². The van der Waals surface area contributed by atoms with E-state index in [-0.39, 0.29) is 11.8 Å². The van der Waals surface area contributed by atoms with E-state index in [1.165, 1.54) is 6.92 Å². The lowest BCUT2D eigenvalue weighted by molar-refractivity contribution is -0.151. The summed E-state index contributed by atoms with van der Waals surface area (Å²) in [5.74, 6) is -2.47. The fraction of sp³-hybridized carbons (Fsp3) is 0.400. The zero-order chi connectivity index (χ0) is 15.6. The number of carbonyl (C=O) groups excluding carboxylic acids is 2. The number of carboxylic acid groups (broad SMARTS) is 1. The number of nitrogens with one attached hydrogen (secondary N) is 2. The van der Waals surface area contributed by atoms with E-state index in [1.54, 1.807) is 25.1 Å². The third-order valence-corrected chi connectivity index (χ3v) is 3.83. The Morgan fingerprint density at radius 1 is 1.10 bits per heavy atom. The molecule has 0 aliphatic heterocycles. The third kappa shape index (κ3) is 3.21. The lowest BCUT2D eigenvalue weighted by Crippen LogP contribution is -2.41. The highest BCUT2D eigenvalue weighted by Gasteiger charge is 2.41. The molecule has 1 aromatic rings. The van der Waals surface area contributed by atoms with Crippen LogP contribution in [0.4, 0.5) is 11.4 Å². The van der Waals surface area contributed by atoms with Crippen LogP contribution in [0.1, 0.15) is 25.3 Å². The number of hydrogen-bond donors (Lipinski definition) is 3. The first-order chi connectivity index (χ1) is 9.90. The van der Waals surface area contributed by atoms with Crippen molar-refractivity contribution in [3.63, 3.8) is 0 Å². The Kier molecular flexibility index (Phi) is 4.26. The maximum Gasteiger partial charge on any atom is 0.307 e. The second-order valence-corrected chi connectivity index (χ2v) is 5.28. The van der Waals surface area contributed by atoms with E-state index < -0.39 is 17.8 Å². The van der Waals surface area contributed by atoms with Gasteiger partial charge in [-0.25, -0.2) is 0 Å². The molecular formula is C15H18N2O4. The van der Waals surface area contributed by atoms with Gasteiger partial charge in [-0.1, -0.05) is 6.07 Å². The SMILES string of the molecule is CC(=O)Nc1cccc(NC(=O)C2CCC2C(=O)O)c1C. The van der Waals surface area contributed by atoms with Crippen molar-refractivity contribution in [1.82, 2.24) is 0 Å². The molecule has 6 nitrogen and oxygen atoms in total. The highest BCUT2D eigenvalue weighted by atomic mass is 16.4. The van der Waals surface area contributed by atoms with Crippen molar-refractivity contribution in [1.29, 1.82) is 0 Å². The molecule has 0 saturated heterocycles. The van der Waals surface area contributed by atoms with E-state index >= 15 is 0 Å². The smallest absolute Gasteiger partial charge is 0.307 e. The van der Waals surface area contributed by atoms with Crippen LogP contribution in [0.15, 0.2) is 18.2 Å². The molecule has 2 atom stereocenters. The fourth-order valence-electron chi connectivity index (χ4n) is 2.43. The molecule has 1 saturated carbocycles. The lowest BCUT2D eigenvalue weighted by atomic mass is 9.73. The minimum absolute atomic E-state index is 0.188. The van der Waals surface area contributed by atoms with Crippen molar-refractivity contribution >= 4 is 29.2 Å². The molecule has 3 N–H and O–H groups in total. The van der Waals surface area contributed by atoms with E-state index in [0.29, 0.717) is 24.2 Å². The van der Waals surface area contributed by atoms with Gasteiger partial charge in [-0.2, -0.15) is 0 Å². The molecule has 0 aromatic heterocycles. The summed E-state index contributed by atoms with van der Waals surface area (Å²) in [6.07, 6.45) is 1.13. The van der Waals surface area contributed by atoms with Gasteiger partial charge in [0.1, 0.15) is 0 Å². The highest BCUT2D eigenvalue weighted by Crippen LogP contribution is 2.35. The standard InChI is InChI=1S/C15H18N2O4/c1-8-12(16-9(2)18)4-3-5-13(8)17-14(19)10-6-7-11(10)15(20)21/h3-5,10-11H,6-7H2,1-2H3,(H,16,18)(H,17,19)(H,20,21). The van der Waals surface area contributed by atoms with E-state index in [1.807, 2.05) is 0 Å². The molecule has 0 radical (unpaired) electrons. The van der Waals surface area contributed by atoms with Gasteiger partial charge in [0.25, 0.3) is 0 Å². The van der Waals surface area contributed by atoms with E-state index in [2.05, 4.69) is 10.6 Å². The summed E-state index contributed by atoms with van der Waals surface area (Å²) in [5, 5.41) is 14.4. The minimum Gasteiger partial charge on any atom is -0.481 e. The number of amides is 2. The number of rotatable bonds is 4. The van der Waals surface area contributed by atoms with Crippen molar-refractivity contribution < 1.29 is 19.5 Å². The van der Waals surface area contributed by atoms with Crippen LogP contribution in [0.2, 0.25) is 0 Å². The highest BCUT2D eigenvalue weighted by molar-refractivity contribution is 5.98. The Bertz CT molecular complexity index is 597. The van der Waals surface area contributed by atoms with Gasteiger partial charge in [0.05, 0.1) is 11.8 Å². The van der Waals surface area contributed by atoms with Gasteiger partial charge in [-0.15, -0.1) is 0 Å². The second-order valence-electron chi connectivity index (χ2n) is 5.28. The van der Waals surface area contributed by atoms with Gasteiger partial charge in [0.15, 0.2) is 0 Å². The first-order valence-corrected chi connectivity index (χ1v) is 6.81. The Labute approximate surface area is 122 Å². The van der Waals surface area contributed by atoms with Crippen molar-refractivity contribution in [3.8, 4) is 0 Å². The van der Waals surface area contributed by atoms with Crippen molar-refractivity contribution in [2.45, 2.75) is 26.7 Å². The Balaban J connectivity index is 2.11. The van der Waals surface area contributed by atoms with Gasteiger partial charge >= 0.3 is 5.97 Å². The fourth-order valence-corrected chi connectivity index (χ4v) is 2.43. The Morgan fingerprint density at radius 2 is 1.67 bits per heavy atom. The zero-order valence-electron chi connectivity index (χ0n) is 12.0. The van der Waals surface area contributed by atoms with Gasteiger partial charge in [0, 0.05) is 18.3 Å². The van der Waals surface area contributed by atoms with Crippen LogP contribution in [0.3, 0.4) is 0 Å². The van der Waals surface area contributed by atoms with Gasteiger partial charge in [-0.3, -0.25) is 14.4 Å². The van der Waals surface area contributed by atoms with E-state index in [0.717, 1.165) is 5.56 Å². The second kappa shape index (κ2) is 5.95. The number of anilines is 2. The first-order valence-electron chi connectivity index (χ1n) is 6.81. The zero-order valence-corrected chi connectivity index (χ0v) is 12.0. The van der Waals surface area contributed by atoms with Crippen LogP contribution in [0.25, 0.3) is 0 Å². The normalized spacial score (nSPS) is 20.3. The van der Waals surface area contributed by atoms with Crippen LogP contribution in [-0.2, 0) is 14.4 Å². The molecule has 0 heterocycles. The molecule has 1 aliphatic carbocycles. The first kappa shape index (κ1) is 15.0. The average molecular weight is 290 g/mol. The summed E-state index contributed by atoms with van der Waals surface area (Å²) in [5.41, 5.74) is 1.96. The number of aliphatic carboxylic acids is 1. The van der Waals surface area contributed by atoms with Gasteiger partial charge < -0.3 is 15.7 Å². The summed E-state index contributed by atoms with van der Waals surface area (Å²) in [4.78, 5) is 34.2. The maximum absolute atomic E-state index is 12.1. The summed E-state index contributed by atoms with van der Waals surface area (Å²) >= 11 is 0. The summed E-state index contributed by atoms with van der Waals surface area (Å²) < 4.78 is 0. The van der Waals surface area contributed by atoms with Crippen molar-refractivity contribution in [3.05, 3.63) is 23.8 Å². The van der Waals surface area contributed by atoms with Crippen LogP contribution < -0.4 is 10.6 Å². The van der Waals surface area contributed by atoms with Crippen LogP contribution in [0.5, 0.6) is 0 Å². The molecule has 0 spiro atoms. The third-order valence-electron chi connectivity index (χ3n) is 3.83. The van der Waals surface area contributed by atoms with E-state index in [9.17, 15) is 14.4 Å². The largest absolute Gasteiger partial charge is 0.481 e. The molecule has 112 valence electrons. The predicted octanol–water partition coefficient (Wildman–Crippen LogP) is 2.00. The molecule has 2 rings (SSSR count). The van der Waals surface area contributed by atoms with Gasteiger partial charge in [-0.05, 0) is 37.5 Å². The number of benzene rings is 1. The van der Waals surface area contributed by atoms with Crippen molar-refractivity contribution in [2.75, 3.05) is 10.6 Å². The monoisotopic (exact) mass is 290 g/mol. The average Bonchev–Trinajstić information content (AvgIpc) is 2.31. The molecule has 2 amide bonds. The summed E-state index contributed by atoms with van der Waals surface area (Å²) in [6, 6.07) is 5.20. The van der Waals surface area contributed by atoms with Gasteiger partial charge in [0.2, 0.25) is 11.8 Å². The lowest BCUT2D eigenvalue weighted by Gasteiger charge is -2.32. The molecule has 21 heavy (non-hydrogen) atoms.